The summed E-state index contributed by atoms with van der Waals surface area (Å²) in [5, 5.41) is 11.0. The minimum absolute atomic E-state index is 0.00510. The Morgan fingerprint density at radius 3 is 2.71 bits per heavy atom. The van der Waals surface area contributed by atoms with Crippen LogP contribution in [0.15, 0.2) is 24.3 Å². The van der Waals surface area contributed by atoms with E-state index in [0.29, 0.717) is 5.57 Å². The number of aliphatic hydroxyl groups is 1. The molecule has 1 N–H and O–H groups in total. The van der Waals surface area contributed by atoms with E-state index >= 15 is 0 Å². The molecule has 0 saturated carbocycles. The Morgan fingerprint density at radius 1 is 1.32 bits per heavy atom. The normalized spacial score (nSPS) is 42.1. The van der Waals surface area contributed by atoms with Gasteiger partial charge in [-0.05, 0) is 56.9 Å². The van der Waals surface area contributed by atoms with E-state index in [4.69, 9.17) is 14.2 Å². The van der Waals surface area contributed by atoms with Gasteiger partial charge in [0.15, 0.2) is 0 Å². The summed E-state index contributed by atoms with van der Waals surface area (Å²) in [6.45, 7) is 13.4. The van der Waals surface area contributed by atoms with Crippen molar-refractivity contribution in [2.24, 2.45) is 11.8 Å². The van der Waals surface area contributed by atoms with Crippen molar-refractivity contribution in [3.05, 3.63) is 24.3 Å². The third-order valence-electron chi connectivity index (χ3n) is 6.65. The topological polar surface area (TPSA) is 82.1 Å². The highest BCUT2D eigenvalue weighted by atomic mass is 16.6. The van der Waals surface area contributed by atoms with Crippen LogP contribution < -0.4 is 0 Å². The zero-order chi connectivity index (χ0) is 20.6. The highest BCUT2D eigenvalue weighted by molar-refractivity contribution is 5.91. The van der Waals surface area contributed by atoms with Crippen LogP contribution in [0, 0.1) is 11.8 Å². The van der Waals surface area contributed by atoms with Crippen molar-refractivity contribution in [2.75, 3.05) is 0 Å². The fraction of sp³-hybridized carbons (Fsp3) is 0.727. The van der Waals surface area contributed by atoms with Crippen LogP contribution in [0.25, 0.3) is 0 Å². The number of esters is 2. The molecule has 0 aromatic heterocycles. The van der Waals surface area contributed by atoms with E-state index in [0.717, 1.165) is 37.7 Å². The van der Waals surface area contributed by atoms with Crippen molar-refractivity contribution in [2.45, 2.75) is 89.3 Å². The molecule has 0 unspecified atom stereocenters. The Labute approximate surface area is 166 Å². The molecule has 3 fully saturated rings. The lowest BCUT2D eigenvalue weighted by molar-refractivity contribution is -0.166. The molecule has 2 bridgehead atoms. The number of rotatable bonds is 1. The Hall–Kier alpha value is -1.66. The molecular formula is C22H32O6. The second kappa shape index (κ2) is 7.99. The smallest absolute Gasteiger partial charge is 0.334 e. The number of hydrogen-bond acceptors (Lipinski definition) is 6. The third-order valence-corrected chi connectivity index (χ3v) is 6.65. The maximum absolute atomic E-state index is 12.3. The van der Waals surface area contributed by atoms with Gasteiger partial charge in [0, 0.05) is 18.4 Å². The Morgan fingerprint density at radius 2 is 2.04 bits per heavy atom. The SMILES string of the molecule is C=C1CCC[C@H](C)[C@@H](OC(C)=O)[C@@H]2OC(=O)C(=C)[C@@H]2C[C@H](O)[C@]2(C)CC[C@H]1O2. The zero-order valence-electron chi connectivity index (χ0n) is 17.1. The van der Waals surface area contributed by atoms with Crippen LogP contribution in [-0.2, 0) is 23.8 Å². The van der Waals surface area contributed by atoms with Gasteiger partial charge in [0.1, 0.15) is 12.2 Å². The molecule has 6 nitrogen and oxygen atoms in total. The van der Waals surface area contributed by atoms with E-state index in [1.807, 2.05) is 13.8 Å². The summed E-state index contributed by atoms with van der Waals surface area (Å²) >= 11 is 0. The minimum Gasteiger partial charge on any atom is -0.458 e. The molecule has 0 amide bonds. The Bertz CT molecular complexity index is 670. The van der Waals surface area contributed by atoms with Gasteiger partial charge in [0.05, 0.1) is 17.8 Å². The summed E-state index contributed by atoms with van der Waals surface area (Å²) in [5.74, 6) is -1.32. The number of hydrogen-bond donors (Lipinski definition) is 1. The molecule has 0 aromatic rings. The lowest BCUT2D eigenvalue weighted by Gasteiger charge is -2.35. The second-order valence-corrected chi connectivity index (χ2v) is 8.81. The van der Waals surface area contributed by atoms with Crippen molar-refractivity contribution < 1.29 is 28.9 Å². The van der Waals surface area contributed by atoms with Crippen LogP contribution in [0.2, 0.25) is 0 Å². The van der Waals surface area contributed by atoms with Gasteiger partial charge in [0.2, 0.25) is 0 Å². The van der Waals surface area contributed by atoms with E-state index in [1.54, 1.807) is 0 Å². The van der Waals surface area contributed by atoms with Gasteiger partial charge in [-0.15, -0.1) is 0 Å². The number of ether oxygens (including phenoxy) is 3. The Kier molecular flexibility index (Phi) is 6.01. The number of carbonyl (C=O) groups is 2. The average Bonchev–Trinajstić information content (AvgIpc) is 3.15. The molecule has 3 saturated heterocycles. The molecule has 0 aliphatic carbocycles. The predicted molar refractivity (Wildman–Crippen MR) is 103 cm³/mol. The van der Waals surface area contributed by atoms with Crippen LogP contribution >= 0.6 is 0 Å². The fourth-order valence-electron chi connectivity index (χ4n) is 4.76. The first-order valence-corrected chi connectivity index (χ1v) is 10.2. The first-order chi connectivity index (χ1) is 13.1. The maximum Gasteiger partial charge on any atom is 0.334 e. The van der Waals surface area contributed by atoms with Crippen LogP contribution in [0.4, 0.5) is 0 Å². The fourth-order valence-corrected chi connectivity index (χ4v) is 4.76. The first kappa shape index (κ1) is 21.1. The minimum atomic E-state index is -0.793. The maximum atomic E-state index is 12.3. The number of aliphatic hydroxyl groups excluding tert-OH is 1. The molecule has 7 atom stereocenters. The van der Waals surface area contributed by atoms with Crippen molar-refractivity contribution in [3.63, 3.8) is 0 Å². The van der Waals surface area contributed by atoms with Gasteiger partial charge in [0.25, 0.3) is 0 Å². The molecule has 6 heteroatoms. The van der Waals surface area contributed by atoms with Gasteiger partial charge in [-0.25, -0.2) is 4.79 Å². The van der Waals surface area contributed by atoms with Gasteiger partial charge < -0.3 is 19.3 Å². The molecule has 0 spiro atoms. The van der Waals surface area contributed by atoms with Crippen LogP contribution in [-0.4, -0.2) is 47.1 Å². The Balaban J connectivity index is 1.93. The van der Waals surface area contributed by atoms with E-state index < -0.39 is 41.8 Å². The molecule has 156 valence electrons. The summed E-state index contributed by atoms with van der Waals surface area (Å²) in [4.78, 5) is 24.0. The van der Waals surface area contributed by atoms with E-state index in [1.165, 1.54) is 6.92 Å². The largest absolute Gasteiger partial charge is 0.458 e. The summed E-state index contributed by atoms with van der Waals surface area (Å²) in [6, 6.07) is 0. The van der Waals surface area contributed by atoms with Crippen LogP contribution in [0.5, 0.6) is 0 Å². The molecule has 0 radical (unpaired) electrons. The van der Waals surface area contributed by atoms with Crippen molar-refractivity contribution in [1.82, 2.24) is 0 Å². The highest BCUT2D eigenvalue weighted by Crippen LogP contribution is 2.43. The molecule has 3 heterocycles. The molecule has 3 rings (SSSR count). The van der Waals surface area contributed by atoms with Crippen molar-refractivity contribution in [3.8, 4) is 0 Å². The molecule has 0 aromatic carbocycles. The van der Waals surface area contributed by atoms with Crippen molar-refractivity contribution >= 4 is 11.9 Å². The van der Waals surface area contributed by atoms with Crippen LogP contribution in [0.1, 0.15) is 59.3 Å². The average molecular weight is 392 g/mol. The van der Waals surface area contributed by atoms with E-state index in [-0.39, 0.29) is 18.4 Å². The van der Waals surface area contributed by atoms with E-state index in [2.05, 4.69) is 13.2 Å². The molecule has 28 heavy (non-hydrogen) atoms. The van der Waals surface area contributed by atoms with E-state index in [9.17, 15) is 14.7 Å². The van der Waals surface area contributed by atoms with Gasteiger partial charge in [-0.3, -0.25) is 4.79 Å². The highest BCUT2D eigenvalue weighted by Gasteiger charge is 2.50. The molecule has 3 aliphatic heterocycles. The number of carbonyl (C=O) groups excluding carboxylic acids is 2. The lowest BCUT2D eigenvalue weighted by Crippen LogP contribution is -2.45. The molecular weight excluding hydrogens is 360 g/mol. The third kappa shape index (κ3) is 4.03. The predicted octanol–water partition coefficient (Wildman–Crippen LogP) is 3.08. The second-order valence-electron chi connectivity index (χ2n) is 8.81. The number of fused-ring (bicyclic) bond motifs is 3. The summed E-state index contributed by atoms with van der Waals surface area (Å²) in [5.41, 5.74) is 0.661. The monoisotopic (exact) mass is 392 g/mol. The van der Waals surface area contributed by atoms with Crippen molar-refractivity contribution in [1.29, 1.82) is 0 Å². The van der Waals surface area contributed by atoms with Gasteiger partial charge in [-0.2, -0.15) is 0 Å². The van der Waals surface area contributed by atoms with Gasteiger partial charge in [-0.1, -0.05) is 20.1 Å². The molecule has 3 aliphatic rings. The summed E-state index contributed by atoms with van der Waals surface area (Å²) in [7, 11) is 0. The first-order valence-electron chi connectivity index (χ1n) is 10.2. The summed E-state index contributed by atoms with van der Waals surface area (Å²) in [6.07, 6.45) is 2.27. The summed E-state index contributed by atoms with van der Waals surface area (Å²) < 4.78 is 17.4. The quantitative estimate of drug-likeness (QED) is 0.420. The lowest BCUT2D eigenvalue weighted by atomic mass is 9.79. The standard InChI is InChI=1S/C22H32O6/c1-12-7-6-8-13(2)19(26-15(4)23)20-16(14(3)21(25)27-20)11-18(24)22(5)10-9-17(12)28-22/h13,16-20,24H,1,3,6-11H2,2,4-5H3/t13-,16-,17+,18-,19+,20+,22-/m0/s1. The zero-order valence-corrected chi connectivity index (χ0v) is 17.1. The van der Waals surface area contributed by atoms with Gasteiger partial charge >= 0.3 is 11.9 Å². The van der Waals surface area contributed by atoms with Crippen LogP contribution in [0.3, 0.4) is 0 Å².